The number of hydrogen-bond donors (Lipinski definition) is 1. The molecule has 47 heavy (non-hydrogen) atoms. The molecule has 3 saturated carbocycles. The number of carbonyl (C=O) groups is 4. The Hall–Kier alpha value is -2.94. The van der Waals surface area contributed by atoms with E-state index in [1.165, 1.54) is 12.3 Å². The maximum atomic E-state index is 14.6. The van der Waals surface area contributed by atoms with Gasteiger partial charge in [-0.2, -0.15) is 0 Å². The molecule has 3 aliphatic rings. The molecule has 0 spiro atoms. The van der Waals surface area contributed by atoms with E-state index in [-0.39, 0.29) is 41.3 Å². The van der Waals surface area contributed by atoms with Crippen LogP contribution in [0.25, 0.3) is 0 Å². The van der Waals surface area contributed by atoms with Crippen LogP contribution in [0.15, 0.2) is 58.7 Å². The first-order chi connectivity index (χ1) is 22.2. The third-order valence-corrected chi connectivity index (χ3v) is 12.6. The highest BCUT2D eigenvalue weighted by Gasteiger charge is 2.74. The fraction of sp³-hybridized carbons (Fsp3) is 0.526. The third-order valence-electron chi connectivity index (χ3n) is 10.9. The second kappa shape index (κ2) is 13.5. The van der Waals surface area contributed by atoms with Gasteiger partial charge in [-0.15, -0.1) is 11.6 Å². The van der Waals surface area contributed by atoms with E-state index >= 15 is 0 Å². The second-order valence-electron chi connectivity index (χ2n) is 14.0. The van der Waals surface area contributed by atoms with Crippen molar-refractivity contribution in [1.82, 2.24) is 0 Å². The van der Waals surface area contributed by atoms with Gasteiger partial charge in [0.1, 0.15) is 0 Å². The number of fused-ring (bicyclic) bond motifs is 3. The van der Waals surface area contributed by atoms with Gasteiger partial charge in [0.05, 0.1) is 23.0 Å². The highest BCUT2D eigenvalue weighted by atomic mass is 35.5. The molecule has 9 heteroatoms. The van der Waals surface area contributed by atoms with Crippen molar-refractivity contribution >= 4 is 46.0 Å². The number of allylic oxidation sites excluding steroid dienone is 4. The normalized spacial score (nSPS) is 32.6. The van der Waals surface area contributed by atoms with Gasteiger partial charge in [-0.3, -0.25) is 14.4 Å². The highest BCUT2D eigenvalue weighted by molar-refractivity contribution is 8.14. The molecule has 1 aromatic carbocycles. The molecule has 3 fully saturated rings. The van der Waals surface area contributed by atoms with Crippen LogP contribution in [-0.4, -0.2) is 50.1 Å². The van der Waals surface area contributed by atoms with Gasteiger partial charge >= 0.3 is 5.97 Å². The van der Waals surface area contributed by atoms with Gasteiger partial charge in [0, 0.05) is 16.9 Å². The topological polar surface area (TPSA) is 111 Å². The molecule has 0 aliphatic heterocycles. The van der Waals surface area contributed by atoms with Crippen molar-refractivity contribution in [2.24, 2.45) is 23.2 Å². The van der Waals surface area contributed by atoms with Crippen molar-refractivity contribution in [2.75, 3.05) is 5.75 Å². The van der Waals surface area contributed by atoms with E-state index in [1.54, 1.807) is 18.2 Å². The highest BCUT2D eigenvalue weighted by Crippen LogP contribution is 2.69. The molecule has 1 N–H and O–H groups in total. The lowest BCUT2D eigenvalue weighted by Gasteiger charge is -2.58. The Morgan fingerprint density at radius 3 is 2.49 bits per heavy atom. The molecule has 0 amide bonds. The summed E-state index contributed by atoms with van der Waals surface area (Å²) in [6.45, 7) is 11.6. The van der Waals surface area contributed by atoms with Crippen molar-refractivity contribution in [3.8, 4) is 0 Å². The number of aliphatic hydroxyl groups excluding tert-OH is 1. The number of thioether (sulfide) groups is 1. The number of hydrogen-bond acceptors (Lipinski definition) is 8. The third kappa shape index (κ3) is 6.22. The second-order valence-corrected chi connectivity index (χ2v) is 15.7. The molecule has 0 bridgehead atoms. The van der Waals surface area contributed by atoms with Crippen LogP contribution in [0.2, 0.25) is 0 Å². The Bertz CT molecular complexity index is 1600. The number of halogens is 1. The van der Waals surface area contributed by atoms with Crippen molar-refractivity contribution in [3.63, 3.8) is 0 Å². The maximum absolute atomic E-state index is 14.6. The predicted molar refractivity (Wildman–Crippen MR) is 184 cm³/mol. The van der Waals surface area contributed by atoms with Crippen LogP contribution >= 0.6 is 23.4 Å². The first-order valence-corrected chi connectivity index (χ1v) is 17.9. The Morgan fingerprint density at radius 2 is 1.85 bits per heavy atom. The lowest BCUT2D eigenvalue weighted by molar-refractivity contribution is -0.166. The molecule has 5 rings (SSSR count). The molecule has 0 saturated heterocycles. The van der Waals surface area contributed by atoms with Gasteiger partial charge in [0.2, 0.25) is 10.9 Å². The van der Waals surface area contributed by atoms with Crippen LogP contribution in [0.1, 0.15) is 96.9 Å². The summed E-state index contributed by atoms with van der Waals surface area (Å²) in [4.78, 5) is 53.2. The zero-order valence-electron chi connectivity index (χ0n) is 28.1. The summed E-state index contributed by atoms with van der Waals surface area (Å²) in [6, 6.07) is 6.98. The number of aryl methyl sites for hydroxylation is 3. The van der Waals surface area contributed by atoms with Gasteiger partial charge in [-0.1, -0.05) is 61.9 Å². The quantitative estimate of drug-likeness (QED) is 0.123. The zero-order chi connectivity index (χ0) is 34.3. The zero-order valence-corrected chi connectivity index (χ0v) is 29.6. The number of carbonyl (C=O) groups excluding carboxylic acids is 4. The average Bonchev–Trinajstić information content (AvgIpc) is 3.61. The average molecular weight is 681 g/mol. The molecule has 1 aromatic heterocycles. The SMILES string of the molecule is CC/C=C\C(=O)/C=C1/CCC2C3C[C@@H](C)[C@](OC(=O)c4ccco4)(C(=O)SCC(=O)c4c(C)cc(C)cc4C)C3(C)C[C@H](O)[C@]2(Cl)C1. The summed E-state index contributed by atoms with van der Waals surface area (Å²) in [6.07, 6.45) is 8.38. The fourth-order valence-corrected chi connectivity index (χ4v) is 10.6. The lowest BCUT2D eigenvalue weighted by Crippen LogP contribution is -2.65. The molecule has 3 aliphatic carbocycles. The number of rotatable bonds is 9. The Kier molecular flexibility index (Phi) is 10.2. The van der Waals surface area contributed by atoms with Crippen molar-refractivity contribution in [3.05, 3.63) is 82.3 Å². The van der Waals surface area contributed by atoms with Crippen LogP contribution in [-0.2, 0) is 14.3 Å². The van der Waals surface area contributed by atoms with Crippen LogP contribution in [0.4, 0.5) is 0 Å². The monoisotopic (exact) mass is 680 g/mol. The molecule has 3 unspecified atom stereocenters. The number of ether oxygens (including phenoxy) is 1. The van der Waals surface area contributed by atoms with Gasteiger partial charge in [0.25, 0.3) is 0 Å². The summed E-state index contributed by atoms with van der Waals surface area (Å²) in [5, 5.41) is 11.4. The molecule has 7 nitrogen and oxygen atoms in total. The fourth-order valence-electron chi connectivity index (χ4n) is 9.00. The van der Waals surface area contributed by atoms with E-state index < -0.39 is 39.0 Å². The molecule has 2 aromatic rings. The van der Waals surface area contributed by atoms with E-state index in [0.717, 1.165) is 40.4 Å². The Balaban J connectivity index is 1.49. The van der Waals surface area contributed by atoms with Gasteiger partial charge in [-0.05, 0) is 107 Å². The number of alkyl halides is 1. The number of esters is 1. The summed E-state index contributed by atoms with van der Waals surface area (Å²) in [5.74, 6) is -1.96. The molecule has 1 heterocycles. The smallest absolute Gasteiger partial charge is 0.375 e. The Morgan fingerprint density at radius 1 is 1.15 bits per heavy atom. The van der Waals surface area contributed by atoms with Crippen LogP contribution in [0.5, 0.6) is 0 Å². The summed E-state index contributed by atoms with van der Waals surface area (Å²) >= 11 is 8.25. The minimum atomic E-state index is -1.65. The minimum absolute atomic E-state index is 0.0271. The number of Topliss-reactive ketones (excluding diaryl/α,β-unsaturated/α-hetero) is 1. The maximum Gasteiger partial charge on any atom is 0.375 e. The summed E-state index contributed by atoms with van der Waals surface area (Å²) in [5.41, 5.74) is 1.61. The first-order valence-electron chi connectivity index (χ1n) is 16.5. The van der Waals surface area contributed by atoms with Crippen molar-refractivity contribution in [1.29, 1.82) is 0 Å². The largest absolute Gasteiger partial charge is 0.457 e. The van der Waals surface area contributed by atoms with E-state index in [2.05, 4.69) is 0 Å². The van der Waals surface area contributed by atoms with Gasteiger partial charge < -0.3 is 14.3 Å². The number of furan rings is 1. The summed E-state index contributed by atoms with van der Waals surface area (Å²) < 4.78 is 11.7. The van der Waals surface area contributed by atoms with Gasteiger partial charge in [0.15, 0.2) is 17.2 Å². The Labute approximate surface area is 286 Å². The van der Waals surface area contributed by atoms with E-state index in [4.69, 9.17) is 20.8 Å². The number of aliphatic hydroxyl groups is 1. The van der Waals surface area contributed by atoms with Crippen molar-refractivity contribution in [2.45, 2.75) is 96.6 Å². The predicted octanol–water partition coefficient (Wildman–Crippen LogP) is 7.91. The van der Waals surface area contributed by atoms with Crippen LogP contribution in [0.3, 0.4) is 0 Å². The van der Waals surface area contributed by atoms with Crippen molar-refractivity contribution < 1.29 is 33.4 Å². The first kappa shape index (κ1) is 35.4. The molecular weight excluding hydrogens is 636 g/mol. The van der Waals surface area contributed by atoms with Crippen LogP contribution in [0, 0.1) is 43.9 Å². The van der Waals surface area contributed by atoms with Crippen LogP contribution < -0.4 is 0 Å². The lowest BCUT2D eigenvalue weighted by atomic mass is 9.52. The van der Waals surface area contributed by atoms with E-state index in [1.807, 2.05) is 59.8 Å². The summed E-state index contributed by atoms with van der Waals surface area (Å²) in [7, 11) is 0. The number of benzene rings is 1. The number of ketones is 2. The van der Waals surface area contributed by atoms with E-state index in [9.17, 15) is 24.3 Å². The minimum Gasteiger partial charge on any atom is -0.457 e. The van der Waals surface area contributed by atoms with E-state index in [0.29, 0.717) is 31.2 Å². The molecule has 7 atom stereocenters. The molecule has 252 valence electrons. The molecular formula is C38H45ClO7S. The standard InChI is InChI=1S/C38H45ClO7S/c1-7-8-10-27(40)18-26-12-13-28-29-17-25(5)38(46-34(43)31-11-9-14-45-31,36(29,6)20-32(42)37(28,39)19-26)35(44)47-21-30(41)33-23(3)15-22(2)16-24(33)4/h8-11,14-16,18,25,28-29,32,42H,7,12-13,17,19-21H2,1-6H3/b10-8-,26-18-/t25-,28?,29?,32+,36?,37+,38+/m1/s1. The van der Waals surface area contributed by atoms with Gasteiger partial charge in [-0.25, -0.2) is 4.79 Å². The molecule has 0 radical (unpaired) electrons.